The van der Waals surface area contributed by atoms with Gasteiger partial charge >= 0.3 is 5.97 Å². The second-order valence-electron chi connectivity index (χ2n) is 7.88. The van der Waals surface area contributed by atoms with E-state index >= 15 is 0 Å². The molecule has 0 spiro atoms. The van der Waals surface area contributed by atoms with Gasteiger partial charge in [0, 0.05) is 23.7 Å². The molecule has 0 saturated heterocycles. The van der Waals surface area contributed by atoms with Gasteiger partial charge in [0.05, 0.1) is 12.2 Å². The molecular weight excluding hydrogens is 314 g/mol. The molecule has 2 aromatic rings. The van der Waals surface area contributed by atoms with Crippen molar-refractivity contribution in [3.05, 3.63) is 53.3 Å². The van der Waals surface area contributed by atoms with Crippen LogP contribution in [-0.4, -0.2) is 26.9 Å². The fourth-order valence-corrected chi connectivity index (χ4v) is 2.90. The smallest absolute Gasteiger partial charge is 0.320 e. The minimum absolute atomic E-state index is 0.0231. The first kappa shape index (κ1) is 19.2. The van der Waals surface area contributed by atoms with Crippen molar-refractivity contribution in [3.63, 3.8) is 0 Å². The van der Waals surface area contributed by atoms with Crippen LogP contribution in [0.4, 0.5) is 0 Å². The zero-order valence-electron chi connectivity index (χ0n) is 15.8. The molecule has 1 atom stereocenters. The first-order chi connectivity index (χ1) is 11.7. The summed E-state index contributed by atoms with van der Waals surface area (Å²) in [5.74, 6) is -0.793. The Morgan fingerprint density at radius 2 is 1.88 bits per heavy atom. The van der Waals surface area contributed by atoms with Gasteiger partial charge < -0.3 is 5.11 Å². The Hall–Kier alpha value is -2.14. The second kappa shape index (κ2) is 7.83. The van der Waals surface area contributed by atoms with Gasteiger partial charge in [0.1, 0.15) is 6.04 Å². The molecule has 136 valence electrons. The SMILES string of the molecule is CC(C)[C@@H](NCc1cn(Cc2ccccc2)nc1C(C)(C)C)C(=O)O. The average molecular weight is 343 g/mol. The van der Waals surface area contributed by atoms with Gasteiger partial charge in [0.15, 0.2) is 0 Å². The first-order valence-corrected chi connectivity index (χ1v) is 8.75. The molecule has 0 bridgehead atoms. The molecule has 25 heavy (non-hydrogen) atoms. The van der Waals surface area contributed by atoms with Gasteiger partial charge in [-0.05, 0) is 11.5 Å². The van der Waals surface area contributed by atoms with E-state index in [4.69, 9.17) is 5.10 Å². The highest BCUT2D eigenvalue weighted by molar-refractivity contribution is 5.73. The van der Waals surface area contributed by atoms with Crippen LogP contribution in [0.2, 0.25) is 0 Å². The van der Waals surface area contributed by atoms with Gasteiger partial charge in [-0.1, -0.05) is 65.0 Å². The van der Waals surface area contributed by atoms with E-state index in [9.17, 15) is 9.90 Å². The van der Waals surface area contributed by atoms with Gasteiger partial charge in [-0.3, -0.25) is 14.8 Å². The van der Waals surface area contributed by atoms with E-state index in [1.54, 1.807) is 0 Å². The molecule has 0 unspecified atom stereocenters. The Morgan fingerprint density at radius 3 is 2.40 bits per heavy atom. The van der Waals surface area contributed by atoms with Gasteiger partial charge in [-0.2, -0.15) is 5.10 Å². The van der Waals surface area contributed by atoms with Gasteiger partial charge in [-0.15, -0.1) is 0 Å². The van der Waals surface area contributed by atoms with Crippen LogP contribution >= 0.6 is 0 Å². The van der Waals surface area contributed by atoms with Crippen LogP contribution in [0.5, 0.6) is 0 Å². The summed E-state index contributed by atoms with van der Waals surface area (Å²) in [6.07, 6.45) is 2.03. The Kier molecular flexibility index (Phi) is 6.01. The molecule has 0 amide bonds. The van der Waals surface area contributed by atoms with Gasteiger partial charge in [0.25, 0.3) is 0 Å². The minimum Gasteiger partial charge on any atom is -0.480 e. The maximum atomic E-state index is 11.4. The molecule has 0 saturated carbocycles. The molecule has 1 aromatic carbocycles. The fourth-order valence-electron chi connectivity index (χ4n) is 2.90. The molecule has 2 N–H and O–H groups in total. The lowest BCUT2D eigenvalue weighted by Crippen LogP contribution is -2.40. The van der Waals surface area contributed by atoms with Crippen molar-refractivity contribution in [1.29, 1.82) is 0 Å². The lowest BCUT2D eigenvalue weighted by atomic mass is 9.89. The molecule has 0 aliphatic heterocycles. The highest BCUT2D eigenvalue weighted by Gasteiger charge is 2.25. The zero-order valence-corrected chi connectivity index (χ0v) is 15.8. The van der Waals surface area contributed by atoms with E-state index in [2.05, 4.69) is 38.2 Å². The van der Waals surface area contributed by atoms with Crippen molar-refractivity contribution in [2.45, 2.75) is 59.2 Å². The summed E-state index contributed by atoms with van der Waals surface area (Å²) in [5.41, 5.74) is 3.14. The predicted molar refractivity (Wildman–Crippen MR) is 99.6 cm³/mol. The monoisotopic (exact) mass is 343 g/mol. The molecule has 1 aromatic heterocycles. The van der Waals surface area contributed by atoms with Crippen molar-refractivity contribution in [2.75, 3.05) is 0 Å². The summed E-state index contributed by atoms with van der Waals surface area (Å²) in [6, 6.07) is 9.63. The number of hydrogen-bond donors (Lipinski definition) is 2. The first-order valence-electron chi connectivity index (χ1n) is 8.75. The number of nitrogens with one attached hydrogen (secondary N) is 1. The molecule has 0 aliphatic carbocycles. The third kappa shape index (κ3) is 5.16. The molecule has 5 heteroatoms. The van der Waals surface area contributed by atoms with Crippen LogP contribution in [-0.2, 0) is 23.3 Å². The van der Waals surface area contributed by atoms with Crippen LogP contribution in [0, 0.1) is 5.92 Å². The topological polar surface area (TPSA) is 67.2 Å². The van der Waals surface area contributed by atoms with Crippen LogP contribution < -0.4 is 5.32 Å². The maximum absolute atomic E-state index is 11.4. The Labute approximate surface area is 150 Å². The largest absolute Gasteiger partial charge is 0.480 e. The Morgan fingerprint density at radius 1 is 1.24 bits per heavy atom. The summed E-state index contributed by atoms with van der Waals surface area (Å²) < 4.78 is 1.94. The quantitative estimate of drug-likeness (QED) is 0.808. The summed E-state index contributed by atoms with van der Waals surface area (Å²) >= 11 is 0. The number of aliphatic carboxylic acids is 1. The van der Waals surface area contributed by atoms with Crippen LogP contribution in [0.25, 0.3) is 0 Å². The number of carbonyl (C=O) groups is 1. The molecule has 1 heterocycles. The van der Waals surface area contributed by atoms with E-state index < -0.39 is 12.0 Å². The number of rotatable bonds is 7. The van der Waals surface area contributed by atoms with E-state index in [-0.39, 0.29) is 11.3 Å². The molecule has 0 radical (unpaired) electrons. The summed E-state index contributed by atoms with van der Waals surface area (Å²) in [4.78, 5) is 11.4. The molecule has 2 rings (SSSR count). The minimum atomic E-state index is -0.816. The number of aromatic nitrogens is 2. The molecule has 0 fully saturated rings. The highest BCUT2D eigenvalue weighted by Crippen LogP contribution is 2.25. The second-order valence-corrected chi connectivity index (χ2v) is 7.88. The Balaban J connectivity index is 2.22. The lowest BCUT2D eigenvalue weighted by Gasteiger charge is -2.20. The van der Waals surface area contributed by atoms with Crippen molar-refractivity contribution < 1.29 is 9.90 Å². The van der Waals surface area contributed by atoms with E-state index in [0.717, 1.165) is 11.3 Å². The van der Waals surface area contributed by atoms with E-state index in [1.165, 1.54) is 5.56 Å². The van der Waals surface area contributed by atoms with Gasteiger partial charge in [0.2, 0.25) is 0 Å². The molecule has 0 aliphatic rings. The average Bonchev–Trinajstić information content (AvgIpc) is 2.91. The maximum Gasteiger partial charge on any atom is 0.320 e. The summed E-state index contributed by atoms with van der Waals surface area (Å²) in [7, 11) is 0. The zero-order chi connectivity index (χ0) is 18.6. The normalized spacial score (nSPS) is 13.2. The molecule has 5 nitrogen and oxygen atoms in total. The predicted octanol–water partition coefficient (Wildman–Crippen LogP) is 3.43. The van der Waals surface area contributed by atoms with Crippen LogP contribution in [0.1, 0.15) is 51.4 Å². The lowest BCUT2D eigenvalue weighted by molar-refractivity contribution is -0.140. The van der Waals surface area contributed by atoms with Crippen molar-refractivity contribution in [2.24, 2.45) is 5.92 Å². The molecular formula is C20H29N3O2. The fraction of sp³-hybridized carbons (Fsp3) is 0.500. The van der Waals surface area contributed by atoms with Crippen molar-refractivity contribution >= 4 is 5.97 Å². The third-order valence-corrected chi connectivity index (χ3v) is 4.18. The van der Waals surface area contributed by atoms with Crippen LogP contribution in [0.3, 0.4) is 0 Å². The summed E-state index contributed by atoms with van der Waals surface area (Å²) in [5, 5.41) is 17.3. The van der Waals surface area contributed by atoms with Crippen molar-refractivity contribution in [1.82, 2.24) is 15.1 Å². The summed E-state index contributed by atoms with van der Waals surface area (Å²) in [6.45, 7) is 11.4. The van der Waals surface area contributed by atoms with Crippen molar-refractivity contribution in [3.8, 4) is 0 Å². The number of nitrogens with zero attached hydrogens (tertiary/aromatic N) is 2. The van der Waals surface area contributed by atoms with Gasteiger partial charge in [-0.25, -0.2) is 0 Å². The number of benzene rings is 1. The van der Waals surface area contributed by atoms with E-state index in [1.807, 2.05) is 42.9 Å². The number of carboxylic acids is 1. The number of hydrogen-bond acceptors (Lipinski definition) is 3. The van der Waals surface area contributed by atoms with E-state index in [0.29, 0.717) is 13.1 Å². The standard InChI is InChI=1S/C20H29N3O2/c1-14(2)17(19(24)25)21-11-16-13-23(22-18(16)20(3,4)5)12-15-9-7-6-8-10-15/h6-10,13-14,17,21H,11-12H2,1-5H3,(H,24,25)/t17-/m1/s1. The third-order valence-electron chi connectivity index (χ3n) is 4.18. The number of carboxylic acid groups (broad SMARTS) is 1. The highest BCUT2D eigenvalue weighted by atomic mass is 16.4. The Bertz CT molecular complexity index is 699. The van der Waals surface area contributed by atoms with Crippen LogP contribution in [0.15, 0.2) is 36.5 Å².